The first kappa shape index (κ1) is 16.0. The van der Waals surface area contributed by atoms with Crippen LogP contribution in [0.3, 0.4) is 0 Å². The summed E-state index contributed by atoms with van der Waals surface area (Å²) in [6.45, 7) is 1.81. The smallest absolute Gasteiger partial charge is 0.408 e. The summed E-state index contributed by atoms with van der Waals surface area (Å²) < 4.78 is 6.56. The first-order chi connectivity index (χ1) is 11.5. The van der Waals surface area contributed by atoms with Gasteiger partial charge in [-0.25, -0.2) is 9.59 Å². The maximum atomic E-state index is 11.9. The van der Waals surface area contributed by atoms with Crippen molar-refractivity contribution in [3.8, 4) is 0 Å². The van der Waals surface area contributed by atoms with Crippen LogP contribution in [0.15, 0.2) is 62.9 Å². The predicted molar refractivity (Wildman–Crippen MR) is 90.5 cm³/mol. The molecule has 0 bridgehead atoms. The van der Waals surface area contributed by atoms with Crippen molar-refractivity contribution >= 4 is 34.4 Å². The average Bonchev–Trinajstić information content (AvgIpc) is 2.89. The molecule has 0 N–H and O–H groups in total. The van der Waals surface area contributed by atoms with Crippen molar-refractivity contribution in [3.05, 3.63) is 69.7 Å². The molecule has 24 heavy (non-hydrogen) atoms. The zero-order valence-electron chi connectivity index (χ0n) is 12.7. The number of oxazole rings is 1. The fourth-order valence-corrected chi connectivity index (χ4v) is 2.31. The topological polar surface area (TPSA) is 73.8 Å². The Morgan fingerprint density at radius 3 is 2.67 bits per heavy atom. The largest absolute Gasteiger partial charge is 0.420 e. The van der Waals surface area contributed by atoms with Gasteiger partial charge in [0.15, 0.2) is 5.58 Å². The van der Waals surface area contributed by atoms with Gasteiger partial charge in [-0.3, -0.25) is 4.57 Å². The Morgan fingerprint density at radius 1 is 1.21 bits per heavy atom. The third-order valence-electron chi connectivity index (χ3n) is 3.32. The van der Waals surface area contributed by atoms with Crippen LogP contribution in [0.25, 0.3) is 11.1 Å². The SMILES string of the molecule is CC(Cn1c(=O)oc2ccccc21)=NOC(=O)c1ccc(Cl)cc1. The van der Waals surface area contributed by atoms with E-state index in [0.717, 1.165) is 0 Å². The van der Waals surface area contributed by atoms with Crippen LogP contribution in [0, 0.1) is 0 Å². The second kappa shape index (κ2) is 6.72. The Labute approximate surface area is 141 Å². The first-order valence-electron chi connectivity index (χ1n) is 7.13. The lowest BCUT2D eigenvalue weighted by molar-refractivity contribution is 0.0515. The Morgan fingerprint density at radius 2 is 1.92 bits per heavy atom. The lowest BCUT2D eigenvalue weighted by atomic mass is 10.2. The lowest BCUT2D eigenvalue weighted by Gasteiger charge is -2.02. The highest BCUT2D eigenvalue weighted by Crippen LogP contribution is 2.12. The highest BCUT2D eigenvalue weighted by molar-refractivity contribution is 6.30. The van der Waals surface area contributed by atoms with Gasteiger partial charge < -0.3 is 9.25 Å². The summed E-state index contributed by atoms with van der Waals surface area (Å²) >= 11 is 5.77. The Kier molecular flexibility index (Phi) is 4.48. The van der Waals surface area contributed by atoms with Crippen molar-refractivity contribution in [3.63, 3.8) is 0 Å². The Balaban J connectivity index is 1.74. The Bertz CT molecular complexity index is 970. The number of fused-ring (bicyclic) bond motifs is 1. The summed E-state index contributed by atoms with van der Waals surface area (Å²) in [4.78, 5) is 28.7. The van der Waals surface area contributed by atoms with E-state index in [9.17, 15) is 9.59 Å². The number of halogens is 1. The number of carbonyl (C=O) groups excluding carboxylic acids is 1. The number of hydrogen-bond acceptors (Lipinski definition) is 5. The second-order valence-corrected chi connectivity index (χ2v) is 5.57. The lowest BCUT2D eigenvalue weighted by Crippen LogP contribution is -2.19. The van der Waals surface area contributed by atoms with Gasteiger partial charge in [-0.2, -0.15) is 0 Å². The standard InChI is InChI=1S/C17H13ClN2O4/c1-11(19-24-16(21)12-6-8-13(18)9-7-12)10-20-14-4-2-3-5-15(14)23-17(20)22/h2-9H,10H2,1H3. The van der Waals surface area contributed by atoms with Gasteiger partial charge in [0.05, 0.1) is 23.3 Å². The molecule has 0 unspecified atom stereocenters. The van der Waals surface area contributed by atoms with Crippen LogP contribution in [-0.2, 0) is 11.4 Å². The van der Waals surface area contributed by atoms with Crippen molar-refractivity contribution in [1.29, 1.82) is 0 Å². The molecule has 0 spiro atoms. The molecule has 2 aromatic carbocycles. The highest BCUT2D eigenvalue weighted by atomic mass is 35.5. The molecule has 3 aromatic rings. The van der Waals surface area contributed by atoms with Crippen molar-refractivity contribution < 1.29 is 14.0 Å². The minimum Gasteiger partial charge on any atom is -0.408 e. The van der Waals surface area contributed by atoms with E-state index in [1.165, 1.54) is 4.57 Å². The zero-order chi connectivity index (χ0) is 17.1. The van der Waals surface area contributed by atoms with Crippen LogP contribution in [0.2, 0.25) is 5.02 Å². The molecule has 1 heterocycles. The zero-order valence-corrected chi connectivity index (χ0v) is 13.5. The van der Waals surface area contributed by atoms with Gasteiger partial charge in [-0.05, 0) is 43.3 Å². The molecule has 0 saturated carbocycles. The summed E-state index contributed by atoms with van der Waals surface area (Å²) in [5.41, 5.74) is 1.93. The maximum Gasteiger partial charge on any atom is 0.420 e. The number of nitrogens with zero attached hydrogens (tertiary/aromatic N) is 2. The predicted octanol–water partition coefficient (Wildman–Crippen LogP) is 3.48. The van der Waals surface area contributed by atoms with Crippen LogP contribution in [0.5, 0.6) is 0 Å². The number of para-hydroxylation sites is 2. The van der Waals surface area contributed by atoms with Gasteiger partial charge >= 0.3 is 11.7 Å². The van der Waals surface area contributed by atoms with Gasteiger partial charge in [0.1, 0.15) is 0 Å². The molecule has 0 fully saturated rings. The molecule has 0 amide bonds. The third kappa shape index (κ3) is 3.38. The second-order valence-electron chi connectivity index (χ2n) is 5.13. The van der Waals surface area contributed by atoms with E-state index in [0.29, 0.717) is 27.4 Å². The van der Waals surface area contributed by atoms with Gasteiger partial charge in [0.25, 0.3) is 0 Å². The van der Waals surface area contributed by atoms with E-state index in [2.05, 4.69) is 5.16 Å². The van der Waals surface area contributed by atoms with Crippen LogP contribution >= 0.6 is 11.6 Å². The molecule has 7 heteroatoms. The highest BCUT2D eigenvalue weighted by Gasteiger charge is 2.11. The quantitative estimate of drug-likeness (QED) is 0.412. The molecule has 0 radical (unpaired) electrons. The number of hydrogen-bond donors (Lipinski definition) is 0. The number of carbonyl (C=O) groups is 1. The van der Waals surface area contributed by atoms with E-state index in [4.69, 9.17) is 20.9 Å². The number of rotatable bonds is 4. The molecular formula is C17H13ClN2O4. The fourth-order valence-electron chi connectivity index (χ4n) is 2.18. The molecule has 0 aliphatic rings. The van der Waals surface area contributed by atoms with Gasteiger partial charge in [-0.1, -0.05) is 28.9 Å². The van der Waals surface area contributed by atoms with Crippen LogP contribution in [0.4, 0.5) is 0 Å². The molecule has 6 nitrogen and oxygen atoms in total. The van der Waals surface area contributed by atoms with Crippen molar-refractivity contribution in [2.45, 2.75) is 13.5 Å². The van der Waals surface area contributed by atoms with E-state index in [1.54, 1.807) is 55.5 Å². The summed E-state index contributed by atoms with van der Waals surface area (Å²) in [6.07, 6.45) is 0. The molecule has 122 valence electrons. The normalized spacial score (nSPS) is 11.7. The summed E-state index contributed by atoms with van der Waals surface area (Å²) in [6, 6.07) is 13.3. The number of oxime groups is 1. The summed E-state index contributed by atoms with van der Waals surface area (Å²) in [7, 11) is 0. The van der Waals surface area contributed by atoms with Crippen LogP contribution < -0.4 is 5.76 Å². The van der Waals surface area contributed by atoms with Gasteiger partial charge in [0, 0.05) is 5.02 Å². The third-order valence-corrected chi connectivity index (χ3v) is 3.58. The van der Waals surface area contributed by atoms with E-state index in [1.807, 2.05) is 0 Å². The van der Waals surface area contributed by atoms with Crippen molar-refractivity contribution in [2.24, 2.45) is 5.16 Å². The average molecular weight is 345 g/mol. The fraction of sp³-hybridized carbons (Fsp3) is 0.118. The minimum absolute atomic E-state index is 0.156. The number of benzene rings is 2. The molecule has 0 atom stereocenters. The molecule has 0 saturated heterocycles. The van der Waals surface area contributed by atoms with Crippen LogP contribution in [-0.4, -0.2) is 16.2 Å². The minimum atomic E-state index is -0.601. The van der Waals surface area contributed by atoms with Crippen LogP contribution in [0.1, 0.15) is 17.3 Å². The van der Waals surface area contributed by atoms with E-state index < -0.39 is 11.7 Å². The number of aromatic nitrogens is 1. The summed E-state index contributed by atoms with van der Waals surface area (Å²) in [5, 5.41) is 4.30. The summed E-state index contributed by atoms with van der Waals surface area (Å²) in [5.74, 6) is -1.09. The molecule has 3 rings (SSSR count). The monoisotopic (exact) mass is 344 g/mol. The van der Waals surface area contributed by atoms with Gasteiger partial charge in [0.2, 0.25) is 0 Å². The first-order valence-corrected chi connectivity index (χ1v) is 7.51. The Hall–Kier alpha value is -2.86. The van der Waals surface area contributed by atoms with Crippen molar-refractivity contribution in [2.75, 3.05) is 0 Å². The van der Waals surface area contributed by atoms with E-state index in [-0.39, 0.29) is 6.54 Å². The molecule has 1 aromatic heterocycles. The van der Waals surface area contributed by atoms with E-state index >= 15 is 0 Å². The molecule has 0 aliphatic carbocycles. The van der Waals surface area contributed by atoms with Gasteiger partial charge in [-0.15, -0.1) is 0 Å². The van der Waals surface area contributed by atoms with Crippen molar-refractivity contribution in [1.82, 2.24) is 4.57 Å². The maximum absolute atomic E-state index is 11.9. The molecular weight excluding hydrogens is 332 g/mol. The molecule has 0 aliphatic heterocycles.